The smallest absolute Gasteiger partial charge is 0.370 e. The highest BCUT2D eigenvalue weighted by Gasteiger charge is 2.32. The highest BCUT2D eigenvalue weighted by molar-refractivity contribution is 6.29. The largest absolute Gasteiger partial charge is 0.401 e. The molecule has 118 valence electrons. The average molecular weight is 324 g/mol. The quantitative estimate of drug-likeness (QED) is 0.833. The Morgan fingerprint density at radius 3 is 2.57 bits per heavy atom. The monoisotopic (exact) mass is 323 g/mol. The van der Waals surface area contributed by atoms with Gasteiger partial charge in [-0.2, -0.15) is 18.2 Å². The highest BCUT2D eigenvalue weighted by Crippen LogP contribution is 2.23. The summed E-state index contributed by atoms with van der Waals surface area (Å²) >= 11 is 5.77. The minimum atomic E-state index is -4.12. The van der Waals surface area contributed by atoms with Crippen LogP contribution in [0.3, 0.4) is 0 Å². The number of hydrogen-bond acceptors (Lipinski definition) is 5. The summed E-state index contributed by atoms with van der Waals surface area (Å²) in [4.78, 5) is 9.19. The summed E-state index contributed by atoms with van der Waals surface area (Å²) < 4.78 is 36.9. The predicted octanol–water partition coefficient (Wildman–Crippen LogP) is 2.40. The Kier molecular flexibility index (Phi) is 5.10. The molecule has 9 heteroatoms. The van der Waals surface area contributed by atoms with Gasteiger partial charge < -0.3 is 11.1 Å². The summed E-state index contributed by atoms with van der Waals surface area (Å²) in [7, 11) is 0. The number of nitrogens with zero attached hydrogens (tertiary/aromatic N) is 3. The first-order chi connectivity index (χ1) is 9.82. The summed E-state index contributed by atoms with van der Waals surface area (Å²) in [5.74, 6) is 0.930. The van der Waals surface area contributed by atoms with Crippen LogP contribution in [-0.2, 0) is 0 Å². The van der Waals surface area contributed by atoms with Crippen molar-refractivity contribution in [3.05, 3.63) is 11.2 Å². The van der Waals surface area contributed by atoms with Gasteiger partial charge in [-0.05, 0) is 31.8 Å². The number of anilines is 2. The molecule has 1 fully saturated rings. The SMILES string of the molecule is Nc1nc(Cl)cc(NCC2CCN(CC(F)(F)F)CC2)n1. The lowest BCUT2D eigenvalue weighted by Gasteiger charge is -2.32. The number of piperidine rings is 1. The molecule has 1 aliphatic rings. The van der Waals surface area contributed by atoms with Crippen molar-refractivity contribution >= 4 is 23.4 Å². The number of nitrogens with one attached hydrogen (secondary N) is 1. The first kappa shape index (κ1) is 16.1. The van der Waals surface area contributed by atoms with E-state index in [0.717, 1.165) is 12.8 Å². The molecule has 1 saturated heterocycles. The van der Waals surface area contributed by atoms with Gasteiger partial charge in [0.1, 0.15) is 11.0 Å². The van der Waals surface area contributed by atoms with Crippen LogP contribution < -0.4 is 11.1 Å². The van der Waals surface area contributed by atoms with Gasteiger partial charge in [-0.3, -0.25) is 4.90 Å². The molecule has 0 spiro atoms. The number of rotatable bonds is 4. The van der Waals surface area contributed by atoms with Crippen molar-refractivity contribution in [3.8, 4) is 0 Å². The first-order valence-electron chi connectivity index (χ1n) is 6.65. The number of alkyl halides is 3. The van der Waals surface area contributed by atoms with E-state index < -0.39 is 12.7 Å². The van der Waals surface area contributed by atoms with Crippen molar-refractivity contribution in [2.24, 2.45) is 5.92 Å². The minimum Gasteiger partial charge on any atom is -0.370 e. The van der Waals surface area contributed by atoms with Gasteiger partial charge in [-0.1, -0.05) is 11.6 Å². The molecule has 21 heavy (non-hydrogen) atoms. The fraction of sp³-hybridized carbons (Fsp3) is 0.667. The van der Waals surface area contributed by atoms with E-state index in [0.29, 0.717) is 31.4 Å². The second-order valence-electron chi connectivity index (χ2n) is 5.15. The lowest BCUT2D eigenvalue weighted by Crippen LogP contribution is -2.41. The van der Waals surface area contributed by atoms with Crippen LogP contribution in [0.5, 0.6) is 0 Å². The maximum absolute atomic E-state index is 12.3. The van der Waals surface area contributed by atoms with E-state index in [1.807, 2.05) is 0 Å². The Morgan fingerprint density at radius 1 is 1.33 bits per heavy atom. The van der Waals surface area contributed by atoms with Gasteiger partial charge in [0, 0.05) is 12.6 Å². The van der Waals surface area contributed by atoms with E-state index >= 15 is 0 Å². The molecule has 0 bridgehead atoms. The van der Waals surface area contributed by atoms with E-state index in [4.69, 9.17) is 17.3 Å². The summed E-state index contributed by atoms with van der Waals surface area (Å²) in [6.45, 7) is 0.717. The molecular formula is C12H17ClF3N5. The molecule has 0 aliphatic carbocycles. The molecule has 0 aromatic carbocycles. The van der Waals surface area contributed by atoms with Crippen LogP contribution in [0.15, 0.2) is 6.07 Å². The molecule has 0 amide bonds. The Hall–Kier alpha value is -1.28. The Balaban J connectivity index is 1.76. The molecule has 2 heterocycles. The van der Waals surface area contributed by atoms with Crippen molar-refractivity contribution in [1.82, 2.24) is 14.9 Å². The molecule has 0 unspecified atom stereocenters. The highest BCUT2D eigenvalue weighted by atomic mass is 35.5. The summed E-state index contributed by atoms with van der Waals surface area (Å²) in [5.41, 5.74) is 5.49. The number of aromatic nitrogens is 2. The second kappa shape index (κ2) is 6.65. The van der Waals surface area contributed by atoms with E-state index in [1.165, 1.54) is 4.90 Å². The number of hydrogen-bond donors (Lipinski definition) is 2. The Morgan fingerprint density at radius 2 is 2.00 bits per heavy atom. The van der Waals surface area contributed by atoms with Gasteiger partial charge in [0.25, 0.3) is 0 Å². The second-order valence-corrected chi connectivity index (χ2v) is 5.54. The standard InChI is InChI=1S/C12H17ClF3N5/c13-9-5-10(20-11(17)19-9)18-6-8-1-3-21(4-2-8)7-12(14,15)16/h5,8H,1-4,6-7H2,(H3,17,18,19,20). The van der Waals surface area contributed by atoms with Crippen LogP contribution in [0.25, 0.3) is 0 Å². The molecule has 3 N–H and O–H groups in total. The minimum absolute atomic E-state index is 0.0880. The summed E-state index contributed by atoms with van der Waals surface area (Å²) in [5, 5.41) is 3.36. The fourth-order valence-electron chi connectivity index (χ4n) is 2.38. The molecule has 0 atom stereocenters. The fourth-order valence-corrected chi connectivity index (χ4v) is 2.57. The third-order valence-corrected chi connectivity index (χ3v) is 3.59. The third kappa shape index (κ3) is 5.55. The van der Waals surface area contributed by atoms with Crippen LogP contribution in [0, 0.1) is 5.92 Å². The Labute approximate surface area is 125 Å². The predicted molar refractivity (Wildman–Crippen MR) is 75.2 cm³/mol. The number of halogens is 4. The first-order valence-corrected chi connectivity index (χ1v) is 7.02. The zero-order valence-corrected chi connectivity index (χ0v) is 12.1. The molecule has 0 radical (unpaired) electrons. The zero-order chi connectivity index (χ0) is 15.5. The van der Waals surface area contributed by atoms with Gasteiger partial charge >= 0.3 is 6.18 Å². The number of nitrogens with two attached hydrogens (primary N) is 1. The van der Waals surface area contributed by atoms with E-state index in [1.54, 1.807) is 6.07 Å². The van der Waals surface area contributed by atoms with Crippen molar-refractivity contribution in [3.63, 3.8) is 0 Å². The third-order valence-electron chi connectivity index (χ3n) is 3.39. The van der Waals surface area contributed by atoms with Gasteiger partial charge in [-0.25, -0.2) is 4.98 Å². The molecule has 1 aromatic heterocycles. The molecule has 0 saturated carbocycles. The molecule has 2 rings (SSSR count). The van der Waals surface area contributed by atoms with Gasteiger partial charge in [0.05, 0.1) is 6.54 Å². The van der Waals surface area contributed by atoms with E-state index in [2.05, 4.69) is 15.3 Å². The van der Waals surface area contributed by atoms with Crippen molar-refractivity contribution in [2.45, 2.75) is 19.0 Å². The van der Waals surface area contributed by atoms with Gasteiger partial charge in [-0.15, -0.1) is 0 Å². The topological polar surface area (TPSA) is 67.1 Å². The van der Waals surface area contributed by atoms with E-state index in [-0.39, 0.29) is 11.1 Å². The zero-order valence-electron chi connectivity index (χ0n) is 11.3. The van der Waals surface area contributed by atoms with Crippen molar-refractivity contribution < 1.29 is 13.2 Å². The lowest BCUT2D eigenvalue weighted by atomic mass is 9.97. The van der Waals surface area contributed by atoms with Crippen LogP contribution in [0.4, 0.5) is 24.9 Å². The van der Waals surface area contributed by atoms with Gasteiger partial charge in [0.15, 0.2) is 0 Å². The molecular weight excluding hydrogens is 307 g/mol. The lowest BCUT2D eigenvalue weighted by molar-refractivity contribution is -0.148. The summed E-state index contributed by atoms with van der Waals surface area (Å²) in [6.07, 6.45) is -2.69. The maximum atomic E-state index is 12.3. The molecule has 1 aromatic rings. The Bertz CT molecular complexity index is 454. The average Bonchev–Trinajstić information content (AvgIpc) is 2.35. The summed E-state index contributed by atoms with van der Waals surface area (Å²) in [6, 6.07) is 1.57. The van der Waals surface area contributed by atoms with Crippen molar-refractivity contribution in [1.29, 1.82) is 0 Å². The van der Waals surface area contributed by atoms with Crippen molar-refractivity contribution in [2.75, 3.05) is 37.2 Å². The van der Waals surface area contributed by atoms with Gasteiger partial charge in [0.2, 0.25) is 5.95 Å². The van der Waals surface area contributed by atoms with Crippen LogP contribution in [-0.4, -0.2) is 47.2 Å². The molecule has 5 nitrogen and oxygen atoms in total. The van der Waals surface area contributed by atoms with Crippen LogP contribution in [0.2, 0.25) is 5.15 Å². The maximum Gasteiger partial charge on any atom is 0.401 e. The normalized spacial score (nSPS) is 17.9. The molecule has 1 aliphatic heterocycles. The number of nitrogen functional groups attached to an aromatic ring is 1. The van der Waals surface area contributed by atoms with Crippen LogP contribution >= 0.6 is 11.6 Å². The van der Waals surface area contributed by atoms with E-state index in [9.17, 15) is 13.2 Å². The van der Waals surface area contributed by atoms with Crippen LogP contribution in [0.1, 0.15) is 12.8 Å². The number of likely N-dealkylation sites (tertiary alicyclic amines) is 1.